The molecule has 8 heteroatoms. The quantitative estimate of drug-likeness (QED) is 0.506. The predicted octanol–water partition coefficient (Wildman–Crippen LogP) is 3.23. The van der Waals surface area contributed by atoms with E-state index in [2.05, 4.69) is 10.2 Å². The van der Waals surface area contributed by atoms with Gasteiger partial charge in [0.2, 0.25) is 12.3 Å². The molecule has 0 aliphatic heterocycles. The molecule has 1 aromatic heterocycles. The van der Waals surface area contributed by atoms with Gasteiger partial charge in [0.1, 0.15) is 18.1 Å². The Hall–Kier alpha value is -3.42. The summed E-state index contributed by atoms with van der Waals surface area (Å²) in [5, 5.41) is 18.3. The molecule has 3 aromatic rings. The smallest absolute Gasteiger partial charge is 0.270 e. The maximum absolute atomic E-state index is 10.9. The van der Waals surface area contributed by atoms with Crippen LogP contribution in [0.3, 0.4) is 0 Å². The summed E-state index contributed by atoms with van der Waals surface area (Å²) in [5.74, 6) is 1.55. The second kappa shape index (κ2) is 6.78. The standard InChI is InChI=1S/C16H13N3O5/c1-22-15-7-4-13(19(20)21)8-12(15)9-23-14-5-2-11(3-6-14)16-18-17-10-24-16/h2-8,10H,9H2,1H3. The number of non-ortho nitro benzene ring substituents is 1. The van der Waals surface area contributed by atoms with Crippen LogP contribution in [0.5, 0.6) is 11.5 Å². The summed E-state index contributed by atoms with van der Waals surface area (Å²) in [7, 11) is 1.50. The van der Waals surface area contributed by atoms with Gasteiger partial charge in [0, 0.05) is 23.3 Å². The Morgan fingerprint density at radius 2 is 2.00 bits per heavy atom. The van der Waals surface area contributed by atoms with Crippen LogP contribution in [0.15, 0.2) is 53.3 Å². The Bertz CT molecular complexity index is 831. The molecule has 0 spiro atoms. The van der Waals surface area contributed by atoms with Crippen LogP contribution in [0, 0.1) is 10.1 Å². The average molecular weight is 327 g/mol. The zero-order valence-corrected chi connectivity index (χ0v) is 12.7. The second-order valence-corrected chi connectivity index (χ2v) is 4.81. The van der Waals surface area contributed by atoms with Gasteiger partial charge in [-0.2, -0.15) is 0 Å². The number of ether oxygens (including phenoxy) is 2. The van der Waals surface area contributed by atoms with Gasteiger partial charge in [0.25, 0.3) is 5.69 Å². The summed E-state index contributed by atoms with van der Waals surface area (Å²) in [5.41, 5.74) is 1.35. The van der Waals surface area contributed by atoms with E-state index in [4.69, 9.17) is 13.9 Å². The number of benzene rings is 2. The molecule has 0 saturated heterocycles. The lowest BCUT2D eigenvalue weighted by Crippen LogP contribution is -2.00. The maximum atomic E-state index is 10.9. The van der Waals surface area contributed by atoms with E-state index in [9.17, 15) is 10.1 Å². The van der Waals surface area contributed by atoms with Gasteiger partial charge < -0.3 is 13.9 Å². The number of nitro benzene ring substituents is 1. The van der Waals surface area contributed by atoms with Crippen molar-refractivity contribution in [3.63, 3.8) is 0 Å². The van der Waals surface area contributed by atoms with Crippen molar-refractivity contribution in [1.29, 1.82) is 0 Å². The summed E-state index contributed by atoms with van der Waals surface area (Å²) in [6, 6.07) is 11.5. The lowest BCUT2D eigenvalue weighted by molar-refractivity contribution is -0.385. The molecule has 0 atom stereocenters. The number of methoxy groups -OCH3 is 1. The van der Waals surface area contributed by atoms with Crippen LogP contribution in [0.2, 0.25) is 0 Å². The van der Waals surface area contributed by atoms with Gasteiger partial charge in [0.05, 0.1) is 12.0 Å². The zero-order chi connectivity index (χ0) is 16.9. The molecular formula is C16H13N3O5. The van der Waals surface area contributed by atoms with Crippen molar-refractivity contribution in [2.24, 2.45) is 0 Å². The summed E-state index contributed by atoms with van der Waals surface area (Å²) >= 11 is 0. The van der Waals surface area contributed by atoms with E-state index in [1.54, 1.807) is 30.3 Å². The molecule has 2 aromatic carbocycles. The van der Waals surface area contributed by atoms with Crippen molar-refractivity contribution in [3.8, 4) is 23.0 Å². The largest absolute Gasteiger partial charge is 0.496 e. The minimum Gasteiger partial charge on any atom is -0.496 e. The van der Waals surface area contributed by atoms with Crippen LogP contribution >= 0.6 is 0 Å². The lowest BCUT2D eigenvalue weighted by Gasteiger charge is -2.10. The minimum absolute atomic E-state index is 0.0128. The highest BCUT2D eigenvalue weighted by molar-refractivity contribution is 5.53. The van der Waals surface area contributed by atoms with E-state index in [-0.39, 0.29) is 12.3 Å². The molecule has 0 fully saturated rings. The Balaban J connectivity index is 1.73. The molecule has 24 heavy (non-hydrogen) atoms. The SMILES string of the molecule is COc1ccc([N+](=O)[O-])cc1COc1ccc(-c2nnco2)cc1. The molecule has 0 bridgehead atoms. The third-order valence-electron chi connectivity index (χ3n) is 3.33. The van der Waals surface area contributed by atoms with Gasteiger partial charge in [-0.05, 0) is 30.3 Å². The third kappa shape index (κ3) is 3.32. The predicted molar refractivity (Wildman–Crippen MR) is 83.7 cm³/mol. The van der Waals surface area contributed by atoms with Crippen molar-refractivity contribution in [2.75, 3.05) is 7.11 Å². The monoisotopic (exact) mass is 327 g/mol. The third-order valence-corrected chi connectivity index (χ3v) is 3.33. The average Bonchev–Trinajstić information content (AvgIpc) is 3.14. The fourth-order valence-electron chi connectivity index (χ4n) is 2.15. The Morgan fingerprint density at radius 3 is 2.62 bits per heavy atom. The lowest BCUT2D eigenvalue weighted by atomic mass is 10.2. The molecule has 0 saturated carbocycles. The Morgan fingerprint density at radius 1 is 1.21 bits per heavy atom. The molecule has 0 N–H and O–H groups in total. The first kappa shape index (κ1) is 15.5. The molecule has 8 nitrogen and oxygen atoms in total. The fraction of sp³-hybridized carbons (Fsp3) is 0.125. The van der Waals surface area contributed by atoms with E-state index in [1.807, 2.05) is 0 Å². The minimum atomic E-state index is -0.456. The van der Waals surface area contributed by atoms with Crippen molar-refractivity contribution < 1.29 is 18.8 Å². The normalized spacial score (nSPS) is 10.4. The zero-order valence-electron chi connectivity index (χ0n) is 12.7. The Kier molecular flexibility index (Phi) is 4.37. The van der Waals surface area contributed by atoms with E-state index >= 15 is 0 Å². The van der Waals surface area contributed by atoms with E-state index in [1.165, 1.54) is 25.6 Å². The molecule has 0 unspecified atom stereocenters. The van der Waals surface area contributed by atoms with Crippen LogP contribution < -0.4 is 9.47 Å². The fourth-order valence-corrected chi connectivity index (χ4v) is 2.15. The van der Waals surface area contributed by atoms with E-state index < -0.39 is 4.92 Å². The van der Waals surface area contributed by atoms with Crippen LogP contribution in [-0.4, -0.2) is 22.2 Å². The van der Waals surface area contributed by atoms with Gasteiger partial charge in [-0.25, -0.2) is 0 Å². The summed E-state index contributed by atoms with van der Waals surface area (Å²) in [4.78, 5) is 10.4. The highest BCUT2D eigenvalue weighted by Crippen LogP contribution is 2.26. The van der Waals surface area contributed by atoms with Crippen molar-refractivity contribution in [2.45, 2.75) is 6.61 Å². The molecule has 0 aliphatic rings. The molecule has 0 amide bonds. The first-order valence-electron chi connectivity index (χ1n) is 6.98. The van der Waals surface area contributed by atoms with Crippen molar-refractivity contribution >= 4 is 5.69 Å². The topological polar surface area (TPSA) is 101 Å². The Labute approximate surface area is 136 Å². The molecule has 1 heterocycles. The van der Waals surface area contributed by atoms with Crippen LogP contribution in [0.4, 0.5) is 5.69 Å². The van der Waals surface area contributed by atoms with Gasteiger partial charge in [0.15, 0.2) is 0 Å². The van der Waals surface area contributed by atoms with Crippen LogP contribution in [0.25, 0.3) is 11.5 Å². The number of rotatable bonds is 6. The summed E-state index contributed by atoms with van der Waals surface area (Å²) in [6.45, 7) is 0.144. The summed E-state index contributed by atoms with van der Waals surface area (Å²) in [6.07, 6.45) is 1.26. The van der Waals surface area contributed by atoms with E-state index in [0.717, 1.165) is 5.56 Å². The van der Waals surface area contributed by atoms with Gasteiger partial charge in [-0.1, -0.05) is 0 Å². The molecule has 122 valence electrons. The molecule has 0 aliphatic carbocycles. The number of hydrogen-bond acceptors (Lipinski definition) is 7. The first-order chi connectivity index (χ1) is 11.7. The van der Waals surface area contributed by atoms with Crippen molar-refractivity contribution in [1.82, 2.24) is 10.2 Å². The molecule has 3 rings (SSSR count). The second-order valence-electron chi connectivity index (χ2n) is 4.81. The van der Waals surface area contributed by atoms with Crippen LogP contribution in [-0.2, 0) is 6.61 Å². The van der Waals surface area contributed by atoms with Gasteiger partial charge in [-0.3, -0.25) is 10.1 Å². The maximum Gasteiger partial charge on any atom is 0.270 e. The van der Waals surface area contributed by atoms with Crippen LogP contribution in [0.1, 0.15) is 5.56 Å². The molecular weight excluding hydrogens is 314 g/mol. The summed E-state index contributed by atoms with van der Waals surface area (Å²) < 4.78 is 16.0. The number of nitrogens with zero attached hydrogens (tertiary/aromatic N) is 3. The van der Waals surface area contributed by atoms with Gasteiger partial charge in [-0.15, -0.1) is 10.2 Å². The van der Waals surface area contributed by atoms with E-state index in [0.29, 0.717) is 23.0 Å². The van der Waals surface area contributed by atoms with Crippen molar-refractivity contribution in [3.05, 3.63) is 64.5 Å². The number of aromatic nitrogens is 2. The molecule has 0 radical (unpaired) electrons. The number of hydrogen-bond donors (Lipinski definition) is 0. The highest BCUT2D eigenvalue weighted by atomic mass is 16.6. The highest BCUT2D eigenvalue weighted by Gasteiger charge is 2.12. The number of nitro groups is 1. The first-order valence-corrected chi connectivity index (χ1v) is 6.98. The van der Waals surface area contributed by atoms with Gasteiger partial charge >= 0.3 is 0 Å².